The molecular formula is C14H16N4O2. The molecule has 0 atom stereocenters. The number of nitrogens with one attached hydrogen (secondary N) is 1. The van der Waals surface area contributed by atoms with E-state index in [2.05, 4.69) is 9.97 Å². The van der Waals surface area contributed by atoms with Gasteiger partial charge in [0.05, 0.1) is 10.9 Å². The third kappa shape index (κ3) is 2.24. The van der Waals surface area contributed by atoms with Crippen molar-refractivity contribution in [1.82, 2.24) is 14.9 Å². The standard InChI is InChI=1S/C14H16N4O2/c1-10(19)17-6-8-18(9-7-17)14-15-12-5-3-2-4-11(12)13(20)16-14/h2-5H,6-9H2,1H3,(H,15,16,20). The van der Waals surface area contributed by atoms with Gasteiger partial charge < -0.3 is 9.80 Å². The topological polar surface area (TPSA) is 69.3 Å². The molecule has 0 aliphatic carbocycles. The molecule has 1 fully saturated rings. The number of para-hydroxylation sites is 1. The van der Waals surface area contributed by atoms with Crippen molar-refractivity contribution in [2.45, 2.75) is 6.92 Å². The first-order valence-electron chi connectivity index (χ1n) is 6.64. The summed E-state index contributed by atoms with van der Waals surface area (Å²) < 4.78 is 0. The van der Waals surface area contributed by atoms with Gasteiger partial charge in [-0.25, -0.2) is 4.98 Å². The van der Waals surface area contributed by atoms with E-state index >= 15 is 0 Å². The second-order valence-electron chi connectivity index (χ2n) is 4.90. The van der Waals surface area contributed by atoms with Gasteiger partial charge >= 0.3 is 0 Å². The van der Waals surface area contributed by atoms with Crippen molar-refractivity contribution >= 4 is 22.8 Å². The van der Waals surface area contributed by atoms with Gasteiger partial charge in [0.1, 0.15) is 0 Å². The highest BCUT2D eigenvalue weighted by Crippen LogP contribution is 2.13. The van der Waals surface area contributed by atoms with Crippen molar-refractivity contribution < 1.29 is 4.79 Å². The van der Waals surface area contributed by atoms with E-state index in [9.17, 15) is 9.59 Å². The van der Waals surface area contributed by atoms with Gasteiger partial charge in [0.2, 0.25) is 11.9 Å². The van der Waals surface area contributed by atoms with E-state index in [4.69, 9.17) is 0 Å². The van der Waals surface area contributed by atoms with Crippen molar-refractivity contribution in [1.29, 1.82) is 0 Å². The molecule has 1 N–H and O–H groups in total. The predicted octanol–water partition coefficient (Wildman–Crippen LogP) is 0.592. The number of rotatable bonds is 1. The van der Waals surface area contributed by atoms with Gasteiger partial charge in [0, 0.05) is 33.1 Å². The maximum absolute atomic E-state index is 12.0. The van der Waals surface area contributed by atoms with Crippen molar-refractivity contribution in [2.75, 3.05) is 31.1 Å². The Morgan fingerprint density at radius 1 is 1.20 bits per heavy atom. The van der Waals surface area contributed by atoms with Crippen LogP contribution in [-0.4, -0.2) is 47.0 Å². The molecule has 1 saturated heterocycles. The molecular weight excluding hydrogens is 256 g/mol. The molecule has 1 aliphatic heterocycles. The molecule has 1 aromatic heterocycles. The minimum atomic E-state index is -0.125. The van der Waals surface area contributed by atoms with Crippen LogP contribution in [0.4, 0.5) is 5.95 Å². The van der Waals surface area contributed by atoms with Crippen molar-refractivity contribution in [3.05, 3.63) is 34.6 Å². The highest BCUT2D eigenvalue weighted by atomic mass is 16.2. The molecule has 2 heterocycles. The number of aromatic amines is 1. The first-order valence-corrected chi connectivity index (χ1v) is 6.64. The number of carbonyl (C=O) groups excluding carboxylic acids is 1. The number of amides is 1. The lowest BCUT2D eigenvalue weighted by Gasteiger charge is -2.34. The summed E-state index contributed by atoms with van der Waals surface area (Å²) >= 11 is 0. The van der Waals surface area contributed by atoms with Crippen molar-refractivity contribution in [3.8, 4) is 0 Å². The molecule has 2 aromatic rings. The van der Waals surface area contributed by atoms with Crippen LogP contribution < -0.4 is 10.5 Å². The minimum absolute atomic E-state index is 0.0876. The molecule has 6 nitrogen and oxygen atoms in total. The normalized spacial score (nSPS) is 15.7. The smallest absolute Gasteiger partial charge is 0.260 e. The number of hydrogen-bond donors (Lipinski definition) is 1. The Morgan fingerprint density at radius 2 is 1.90 bits per heavy atom. The Labute approximate surface area is 116 Å². The Kier molecular flexibility index (Phi) is 3.14. The maximum Gasteiger partial charge on any atom is 0.260 e. The lowest BCUT2D eigenvalue weighted by atomic mass is 10.2. The fraction of sp³-hybridized carbons (Fsp3) is 0.357. The number of aromatic nitrogens is 2. The van der Waals surface area contributed by atoms with Gasteiger partial charge in [-0.1, -0.05) is 12.1 Å². The minimum Gasteiger partial charge on any atom is -0.339 e. The quantitative estimate of drug-likeness (QED) is 0.825. The van der Waals surface area contributed by atoms with Crippen LogP contribution in [0.2, 0.25) is 0 Å². The second-order valence-corrected chi connectivity index (χ2v) is 4.90. The number of H-pyrrole nitrogens is 1. The second kappa shape index (κ2) is 4.96. The van der Waals surface area contributed by atoms with Gasteiger partial charge in [-0.15, -0.1) is 0 Å². The van der Waals surface area contributed by atoms with Crippen LogP contribution in [0.3, 0.4) is 0 Å². The van der Waals surface area contributed by atoms with E-state index in [-0.39, 0.29) is 11.5 Å². The number of piperazine rings is 1. The molecule has 0 spiro atoms. The van der Waals surface area contributed by atoms with E-state index in [1.165, 1.54) is 0 Å². The molecule has 0 saturated carbocycles. The third-order valence-electron chi connectivity index (χ3n) is 3.62. The number of hydrogen-bond acceptors (Lipinski definition) is 4. The van der Waals surface area contributed by atoms with Gasteiger partial charge in [0.25, 0.3) is 5.56 Å². The van der Waals surface area contributed by atoms with E-state index in [0.717, 1.165) is 0 Å². The van der Waals surface area contributed by atoms with Crippen LogP contribution in [0.5, 0.6) is 0 Å². The molecule has 0 radical (unpaired) electrons. The molecule has 1 aromatic carbocycles. The number of nitrogens with zero attached hydrogens (tertiary/aromatic N) is 3. The molecule has 1 aliphatic rings. The lowest BCUT2D eigenvalue weighted by Crippen LogP contribution is -2.48. The van der Waals surface area contributed by atoms with Crippen LogP contribution in [0.15, 0.2) is 29.1 Å². The Balaban J connectivity index is 1.88. The van der Waals surface area contributed by atoms with Crippen LogP contribution in [0, 0.1) is 0 Å². The average molecular weight is 272 g/mol. The molecule has 1 amide bonds. The van der Waals surface area contributed by atoms with Gasteiger partial charge in [-0.3, -0.25) is 14.6 Å². The summed E-state index contributed by atoms with van der Waals surface area (Å²) in [4.78, 5) is 34.5. The molecule has 104 valence electrons. The predicted molar refractivity (Wildman–Crippen MR) is 76.8 cm³/mol. The zero-order chi connectivity index (χ0) is 14.1. The monoisotopic (exact) mass is 272 g/mol. The molecule has 3 rings (SSSR count). The van der Waals surface area contributed by atoms with Gasteiger partial charge in [0.15, 0.2) is 0 Å². The van der Waals surface area contributed by atoms with E-state index in [1.54, 1.807) is 17.9 Å². The van der Waals surface area contributed by atoms with Crippen LogP contribution in [0.25, 0.3) is 10.9 Å². The summed E-state index contributed by atoms with van der Waals surface area (Å²) in [6.45, 7) is 4.26. The molecule has 0 unspecified atom stereocenters. The number of anilines is 1. The fourth-order valence-electron chi connectivity index (χ4n) is 2.46. The Hall–Kier alpha value is -2.37. The summed E-state index contributed by atoms with van der Waals surface area (Å²) in [5, 5.41) is 0.596. The molecule has 6 heteroatoms. The Bertz CT molecular complexity index is 702. The van der Waals surface area contributed by atoms with Crippen LogP contribution in [-0.2, 0) is 4.79 Å². The third-order valence-corrected chi connectivity index (χ3v) is 3.62. The first-order chi connectivity index (χ1) is 9.65. The highest BCUT2D eigenvalue weighted by molar-refractivity contribution is 5.78. The van der Waals surface area contributed by atoms with E-state index < -0.39 is 0 Å². The van der Waals surface area contributed by atoms with E-state index in [0.29, 0.717) is 43.0 Å². The van der Waals surface area contributed by atoms with Gasteiger partial charge in [-0.2, -0.15) is 0 Å². The zero-order valence-electron chi connectivity index (χ0n) is 11.3. The average Bonchev–Trinajstić information content (AvgIpc) is 2.47. The number of fused-ring (bicyclic) bond motifs is 1. The molecule has 0 bridgehead atoms. The van der Waals surface area contributed by atoms with E-state index in [1.807, 2.05) is 23.1 Å². The van der Waals surface area contributed by atoms with Crippen LogP contribution in [0.1, 0.15) is 6.92 Å². The highest BCUT2D eigenvalue weighted by Gasteiger charge is 2.20. The summed E-state index contributed by atoms with van der Waals surface area (Å²) in [7, 11) is 0. The summed E-state index contributed by atoms with van der Waals surface area (Å²) in [5.74, 6) is 0.668. The summed E-state index contributed by atoms with van der Waals surface area (Å²) in [5.41, 5.74) is 0.569. The lowest BCUT2D eigenvalue weighted by molar-refractivity contribution is -0.129. The largest absolute Gasteiger partial charge is 0.339 e. The summed E-state index contributed by atoms with van der Waals surface area (Å²) in [6.07, 6.45) is 0. The maximum atomic E-state index is 12.0. The van der Waals surface area contributed by atoms with Crippen molar-refractivity contribution in [3.63, 3.8) is 0 Å². The number of benzene rings is 1. The Morgan fingerprint density at radius 3 is 2.60 bits per heavy atom. The molecule has 20 heavy (non-hydrogen) atoms. The fourth-order valence-corrected chi connectivity index (χ4v) is 2.46. The van der Waals surface area contributed by atoms with Crippen LogP contribution >= 0.6 is 0 Å². The SMILES string of the molecule is CC(=O)N1CCN(c2nc3ccccc3c(=O)[nH]2)CC1. The number of carbonyl (C=O) groups is 1. The zero-order valence-corrected chi connectivity index (χ0v) is 11.3. The first kappa shape index (κ1) is 12.7. The van der Waals surface area contributed by atoms with Crippen molar-refractivity contribution in [2.24, 2.45) is 0 Å². The summed E-state index contributed by atoms with van der Waals surface area (Å²) in [6, 6.07) is 7.29. The van der Waals surface area contributed by atoms with Gasteiger partial charge in [-0.05, 0) is 12.1 Å².